The molecule has 6 rings (SSSR count). The maximum absolute atomic E-state index is 7.20. The molecule has 55 heavy (non-hydrogen) atoms. The molecule has 284 valence electrons. The molecule has 4 aromatic carbocycles. The highest BCUT2D eigenvalue weighted by atomic mass is 16.5. The van der Waals surface area contributed by atoms with Crippen LogP contribution in [-0.2, 0) is 17.6 Å². The summed E-state index contributed by atoms with van der Waals surface area (Å²) < 4.78 is 18.8. The average molecular weight is 735 g/mol. The number of unbranched alkanes of at least 4 members (excludes halogenated alkanes) is 2. The van der Waals surface area contributed by atoms with Gasteiger partial charge in [-0.05, 0) is 109 Å². The van der Waals surface area contributed by atoms with Crippen LogP contribution < -0.4 is 9.47 Å². The quantitative estimate of drug-likeness (QED) is 0.0772. The van der Waals surface area contributed by atoms with Gasteiger partial charge in [-0.25, -0.2) is 0 Å². The average Bonchev–Trinajstić information content (AvgIpc) is 3.25. The molecular weight excluding hydrogens is 681 g/mol. The van der Waals surface area contributed by atoms with Crippen LogP contribution in [-0.4, -0.2) is 33.1 Å². The second-order valence-electron chi connectivity index (χ2n) is 14.0. The van der Waals surface area contributed by atoms with E-state index in [0.29, 0.717) is 24.6 Å². The summed E-state index contributed by atoms with van der Waals surface area (Å²) in [6.45, 7) is 10.0. The van der Waals surface area contributed by atoms with Crippen LogP contribution in [0.25, 0.3) is 22.5 Å². The first-order valence-corrected chi connectivity index (χ1v) is 20.0. The van der Waals surface area contributed by atoms with Crippen LogP contribution in [0.15, 0.2) is 122 Å². The molecule has 2 heterocycles. The van der Waals surface area contributed by atoms with E-state index in [0.717, 1.165) is 96.5 Å². The number of hydrogen-bond acceptors (Lipinski definition) is 7. The number of ether oxygens (including phenoxy) is 3. The summed E-state index contributed by atoms with van der Waals surface area (Å²) in [7, 11) is 0. The minimum absolute atomic E-state index is 0.520. The van der Waals surface area contributed by atoms with Gasteiger partial charge in [0.15, 0.2) is 0 Å². The Morgan fingerprint density at radius 2 is 0.836 bits per heavy atom. The topological polar surface area (TPSA) is 79.2 Å². The Kier molecular flexibility index (Phi) is 14.5. The lowest BCUT2D eigenvalue weighted by Crippen LogP contribution is -2.16. The number of benzene rings is 4. The molecule has 7 heteroatoms. The SMILES string of the molecule is CCCCc1ccc(C(OC(c2ccc(CCCC)cc2)c2cnc(-c3ccc(OCCC)cc3)cn2)c2cnc(-c3ccc(OCCC)cc3)cn2)cc1. The van der Waals surface area contributed by atoms with Gasteiger partial charge in [0.05, 0.1) is 60.8 Å². The zero-order chi connectivity index (χ0) is 38.2. The van der Waals surface area contributed by atoms with E-state index in [1.165, 1.54) is 11.1 Å². The van der Waals surface area contributed by atoms with Gasteiger partial charge in [-0.1, -0.05) is 89.1 Å². The lowest BCUT2D eigenvalue weighted by atomic mass is 9.99. The fraction of sp³-hybridized carbons (Fsp3) is 0.333. The smallest absolute Gasteiger partial charge is 0.127 e. The molecule has 6 aromatic rings. The fourth-order valence-corrected chi connectivity index (χ4v) is 6.38. The van der Waals surface area contributed by atoms with Crippen molar-refractivity contribution >= 4 is 0 Å². The minimum atomic E-state index is -0.520. The van der Waals surface area contributed by atoms with Gasteiger partial charge in [-0.3, -0.25) is 19.9 Å². The molecule has 2 unspecified atom stereocenters. The number of aryl methyl sites for hydroxylation is 2. The van der Waals surface area contributed by atoms with Gasteiger partial charge in [0.2, 0.25) is 0 Å². The maximum atomic E-state index is 7.20. The van der Waals surface area contributed by atoms with Crippen molar-refractivity contribution in [3.63, 3.8) is 0 Å². The van der Waals surface area contributed by atoms with Crippen molar-refractivity contribution in [1.82, 2.24) is 19.9 Å². The van der Waals surface area contributed by atoms with Crippen molar-refractivity contribution in [1.29, 1.82) is 0 Å². The standard InChI is InChI=1S/C48H54N4O3/c1-5-9-11-35-13-17-39(18-14-35)47(45-33-49-43(31-51-45)37-21-25-41(26-22-37)53-29-7-3)55-48(40-19-15-36(16-20-40)12-10-6-2)46-34-50-44(32-52-46)38-23-27-42(28-24-38)54-30-8-4/h13-28,31-34,47-48H,5-12,29-30H2,1-4H3. The summed E-state index contributed by atoms with van der Waals surface area (Å²) in [6, 6.07) is 33.5. The van der Waals surface area contributed by atoms with Crippen LogP contribution in [0.2, 0.25) is 0 Å². The molecule has 0 amide bonds. The van der Waals surface area contributed by atoms with Crippen LogP contribution in [0.4, 0.5) is 0 Å². The van der Waals surface area contributed by atoms with Crippen LogP contribution >= 0.6 is 0 Å². The normalized spacial score (nSPS) is 12.3. The Bertz CT molecular complexity index is 1850. The summed E-state index contributed by atoms with van der Waals surface area (Å²) >= 11 is 0. The second kappa shape index (κ2) is 20.3. The van der Waals surface area contributed by atoms with E-state index in [9.17, 15) is 0 Å². The number of rotatable bonds is 20. The molecular formula is C48H54N4O3. The van der Waals surface area contributed by atoms with Gasteiger partial charge in [-0.2, -0.15) is 0 Å². The molecule has 2 aromatic heterocycles. The molecule has 0 spiro atoms. The van der Waals surface area contributed by atoms with Crippen molar-refractivity contribution < 1.29 is 14.2 Å². The van der Waals surface area contributed by atoms with Crippen LogP contribution in [0, 0.1) is 0 Å². The van der Waals surface area contributed by atoms with Crippen LogP contribution in [0.3, 0.4) is 0 Å². The van der Waals surface area contributed by atoms with E-state index in [-0.39, 0.29) is 0 Å². The highest BCUT2D eigenvalue weighted by molar-refractivity contribution is 5.60. The zero-order valence-corrected chi connectivity index (χ0v) is 32.8. The largest absolute Gasteiger partial charge is 0.494 e. The van der Waals surface area contributed by atoms with Crippen molar-refractivity contribution in [3.8, 4) is 34.0 Å². The Morgan fingerprint density at radius 1 is 0.436 bits per heavy atom. The van der Waals surface area contributed by atoms with E-state index in [2.05, 4.69) is 76.2 Å². The van der Waals surface area contributed by atoms with E-state index >= 15 is 0 Å². The van der Waals surface area contributed by atoms with Crippen molar-refractivity contribution in [2.24, 2.45) is 0 Å². The second-order valence-corrected chi connectivity index (χ2v) is 14.0. The molecule has 0 bridgehead atoms. The summed E-state index contributed by atoms with van der Waals surface area (Å²) in [6.07, 6.45) is 14.9. The molecule has 0 aliphatic heterocycles. The molecule has 0 aliphatic rings. The molecule has 0 saturated heterocycles. The molecule has 2 atom stereocenters. The summed E-state index contributed by atoms with van der Waals surface area (Å²) in [5.41, 5.74) is 9.56. The Labute approximate surface area is 327 Å². The fourth-order valence-electron chi connectivity index (χ4n) is 6.38. The highest BCUT2D eigenvalue weighted by Crippen LogP contribution is 2.36. The highest BCUT2D eigenvalue weighted by Gasteiger charge is 2.26. The monoisotopic (exact) mass is 734 g/mol. The molecule has 0 aliphatic carbocycles. The summed E-state index contributed by atoms with van der Waals surface area (Å²) in [5, 5.41) is 0. The van der Waals surface area contributed by atoms with E-state index in [1.54, 1.807) is 0 Å². The first-order valence-electron chi connectivity index (χ1n) is 20.0. The third-order valence-electron chi connectivity index (χ3n) is 9.60. The molecule has 0 fully saturated rings. The first-order chi connectivity index (χ1) is 27.1. The maximum Gasteiger partial charge on any atom is 0.127 e. The minimum Gasteiger partial charge on any atom is -0.494 e. The predicted molar refractivity (Wildman–Crippen MR) is 221 cm³/mol. The van der Waals surface area contributed by atoms with E-state index < -0.39 is 12.2 Å². The first kappa shape index (κ1) is 39.3. The van der Waals surface area contributed by atoms with Crippen molar-refractivity contribution in [2.75, 3.05) is 13.2 Å². The van der Waals surface area contributed by atoms with Crippen molar-refractivity contribution in [3.05, 3.63) is 155 Å². The summed E-state index contributed by atoms with van der Waals surface area (Å²) in [5.74, 6) is 1.70. The van der Waals surface area contributed by atoms with Crippen LogP contribution in [0.1, 0.15) is 112 Å². The Morgan fingerprint density at radius 3 is 1.16 bits per heavy atom. The van der Waals surface area contributed by atoms with Gasteiger partial charge in [0.1, 0.15) is 23.7 Å². The number of hydrogen-bond donors (Lipinski definition) is 0. The zero-order valence-electron chi connectivity index (χ0n) is 32.8. The molecule has 0 N–H and O–H groups in total. The number of nitrogens with zero attached hydrogens (tertiary/aromatic N) is 4. The predicted octanol–water partition coefficient (Wildman–Crippen LogP) is 11.8. The third-order valence-corrected chi connectivity index (χ3v) is 9.60. The molecule has 0 radical (unpaired) electrons. The van der Waals surface area contributed by atoms with E-state index in [1.807, 2.05) is 73.3 Å². The number of aromatic nitrogens is 4. The van der Waals surface area contributed by atoms with Gasteiger partial charge < -0.3 is 14.2 Å². The Balaban J connectivity index is 1.34. The van der Waals surface area contributed by atoms with E-state index in [4.69, 9.17) is 34.1 Å². The lowest BCUT2D eigenvalue weighted by Gasteiger charge is -2.25. The van der Waals surface area contributed by atoms with Crippen LogP contribution in [0.5, 0.6) is 11.5 Å². The van der Waals surface area contributed by atoms with Gasteiger partial charge in [0.25, 0.3) is 0 Å². The molecule has 0 saturated carbocycles. The summed E-state index contributed by atoms with van der Waals surface area (Å²) in [4.78, 5) is 19.7. The van der Waals surface area contributed by atoms with Gasteiger partial charge >= 0.3 is 0 Å². The van der Waals surface area contributed by atoms with Crippen molar-refractivity contribution in [2.45, 2.75) is 91.3 Å². The third kappa shape index (κ3) is 10.9. The lowest BCUT2D eigenvalue weighted by molar-refractivity contribution is 0.0258. The molecule has 7 nitrogen and oxygen atoms in total. The van der Waals surface area contributed by atoms with Gasteiger partial charge in [0, 0.05) is 11.1 Å². The van der Waals surface area contributed by atoms with Gasteiger partial charge in [-0.15, -0.1) is 0 Å². The Hall–Kier alpha value is -5.40.